The largest absolute Gasteiger partial charge is 0.491 e. The molecule has 0 aliphatic heterocycles. The van der Waals surface area contributed by atoms with Gasteiger partial charge in [-0.3, -0.25) is 0 Å². The van der Waals surface area contributed by atoms with Gasteiger partial charge in [-0.05, 0) is 44.4 Å². The Hall–Kier alpha value is -3.21. The van der Waals surface area contributed by atoms with Gasteiger partial charge in [0.1, 0.15) is 28.9 Å². The zero-order valence-corrected chi connectivity index (χ0v) is 18.8. The molecule has 0 aliphatic rings. The number of aliphatic hydroxyl groups excluding tert-OH is 1. The number of rotatable bonds is 8. The van der Waals surface area contributed by atoms with Crippen LogP contribution in [0.4, 0.5) is 0 Å². The van der Waals surface area contributed by atoms with Crippen molar-refractivity contribution >= 4 is 33.6 Å². The third-order valence-electron chi connectivity index (χ3n) is 3.87. The average molecular weight is 463 g/mol. The summed E-state index contributed by atoms with van der Waals surface area (Å²) in [5.41, 5.74) is 2.53. The Morgan fingerprint density at radius 2 is 1.91 bits per heavy atom. The van der Waals surface area contributed by atoms with Crippen LogP contribution in [-0.4, -0.2) is 57.2 Å². The number of carboxylic acid groups (broad SMARTS) is 2. The fourth-order valence-electron chi connectivity index (χ4n) is 2.41. The normalized spacial score (nSPS) is 12.4. The fraction of sp³-hybridized carbons (Fsp3) is 0.318. The van der Waals surface area contributed by atoms with Gasteiger partial charge < -0.3 is 29.9 Å². The van der Waals surface area contributed by atoms with Crippen LogP contribution >= 0.6 is 11.3 Å². The van der Waals surface area contributed by atoms with Crippen LogP contribution < -0.4 is 10.1 Å². The molecule has 1 unspecified atom stereocenters. The summed E-state index contributed by atoms with van der Waals surface area (Å²) in [4.78, 5) is 19.1. The highest BCUT2D eigenvalue weighted by atomic mass is 32.1. The van der Waals surface area contributed by atoms with Gasteiger partial charge in [0.05, 0.1) is 0 Å². The van der Waals surface area contributed by atoms with E-state index in [1.54, 1.807) is 11.3 Å². The number of benzene rings is 1. The molecule has 0 fully saturated rings. The summed E-state index contributed by atoms with van der Waals surface area (Å²) >= 11 is 1.60. The van der Waals surface area contributed by atoms with Crippen molar-refractivity contribution < 1.29 is 34.2 Å². The van der Waals surface area contributed by atoms with Crippen molar-refractivity contribution in [2.45, 2.75) is 32.4 Å². The predicted molar refractivity (Wildman–Crippen MR) is 121 cm³/mol. The summed E-state index contributed by atoms with van der Waals surface area (Å²) in [7, 11) is 0. The fourth-order valence-corrected chi connectivity index (χ4v) is 3.23. The number of carboxylic acids is 2. The molecule has 3 rings (SSSR count). The molecule has 2 aromatic heterocycles. The van der Waals surface area contributed by atoms with E-state index >= 15 is 0 Å². The number of nitrogens with zero attached hydrogens (tertiary/aromatic N) is 1. The van der Waals surface area contributed by atoms with Crippen LogP contribution in [0.1, 0.15) is 20.8 Å². The Kier molecular flexibility index (Phi) is 8.94. The van der Waals surface area contributed by atoms with Gasteiger partial charge in [-0.25, -0.2) is 9.59 Å². The highest BCUT2D eigenvalue weighted by molar-refractivity contribution is 7.17. The number of aromatic nitrogens is 1. The first kappa shape index (κ1) is 25.1. The van der Waals surface area contributed by atoms with Gasteiger partial charge in [0.2, 0.25) is 0 Å². The molecule has 0 amide bonds. The molecule has 0 aliphatic carbocycles. The second-order valence-electron chi connectivity index (χ2n) is 7.78. The van der Waals surface area contributed by atoms with Crippen LogP contribution in [0, 0.1) is 0 Å². The molecule has 0 radical (unpaired) electrons. The van der Waals surface area contributed by atoms with Crippen LogP contribution in [0.3, 0.4) is 0 Å². The first-order valence-corrected chi connectivity index (χ1v) is 10.6. The Morgan fingerprint density at radius 3 is 2.53 bits per heavy atom. The zero-order chi connectivity index (χ0) is 23.7. The monoisotopic (exact) mass is 462 g/mol. The highest BCUT2D eigenvalue weighted by Gasteiger charge is 2.14. The number of carbonyl (C=O) groups is 2. The Labute approximate surface area is 188 Å². The van der Waals surface area contributed by atoms with Crippen molar-refractivity contribution in [2.75, 3.05) is 13.2 Å². The maximum Gasteiger partial charge on any atom is 0.328 e. The maximum atomic E-state index is 10.0. The maximum absolute atomic E-state index is 10.0. The first-order chi connectivity index (χ1) is 15.0. The van der Waals surface area contributed by atoms with E-state index in [9.17, 15) is 14.7 Å². The minimum atomic E-state index is -1.26. The Morgan fingerprint density at radius 1 is 1.22 bits per heavy atom. The molecule has 10 heteroatoms. The van der Waals surface area contributed by atoms with E-state index < -0.39 is 18.0 Å². The first-order valence-electron chi connectivity index (χ1n) is 9.68. The lowest BCUT2D eigenvalue weighted by atomic mass is 10.1. The van der Waals surface area contributed by atoms with Crippen molar-refractivity contribution in [3.63, 3.8) is 0 Å². The van der Waals surface area contributed by atoms with Crippen LogP contribution in [0.15, 0.2) is 52.4 Å². The van der Waals surface area contributed by atoms with Gasteiger partial charge in [-0.15, -0.1) is 11.3 Å². The number of aliphatic hydroxyl groups is 1. The van der Waals surface area contributed by atoms with Gasteiger partial charge in [0.25, 0.3) is 0 Å². The lowest BCUT2D eigenvalue weighted by Gasteiger charge is -2.23. The van der Waals surface area contributed by atoms with E-state index in [2.05, 4.69) is 31.2 Å². The molecule has 1 aromatic carbocycles. The molecule has 2 heterocycles. The van der Waals surface area contributed by atoms with E-state index in [1.807, 2.05) is 35.7 Å². The second-order valence-corrected chi connectivity index (χ2v) is 8.69. The smallest absolute Gasteiger partial charge is 0.328 e. The number of aliphatic carboxylic acids is 2. The number of ether oxygens (including phenoxy) is 1. The summed E-state index contributed by atoms with van der Waals surface area (Å²) in [6, 6.07) is 9.59. The van der Waals surface area contributed by atoms with E-state index in [0.717, 1.165) is 21.5 Å². The molecule has 0 spiro atoms. The van der Waals surface area contributed by atoms with Crippen LogP contribution in [0.5, 0.6) is 5.75 Å². The number of fused-ring (bicyclic) bond motifs is 1. The summed E-state index contributed by atoms with van der Waals surface area (Å²) < 4.78 is 12.1. The van der Waals surface area contributed by atoms with Gasteiger partial charge in [-0.1, -0.05) is 17.3 Å². The van der Waals surface area contributed by atoms with Gasteiger partial charge in [0.15, 0.2) is 5.58 Å². The quantitative estimate of drug-likeness (QED) is 0.370. The zero-order valence-electron chi connectivity index (χ0n) is 17.9. The van der Waals surface area contributed by atoms with E-state index in [1.165, 1.54) is 0 Å². The molecule has 4 N–H and O–H groups in total. The van der Waals surface area contributed by atoms with Gasteiger partial charge in [-0.2, -0.15) is 0 Å². The standard InChI is InChI=1S/C18H22N2O3S.C4H4O4/c1-18(2,3)19-10-13(21)11-22-14-6-4-5-12(9-14)16-17-15(23-20-16)7-8-24-17;5-3(6)1-2-4(7)8/h4-9,13,19,21H,10-11H2,1-3H3;1-2H,(H,5,6)(H,7,8)/b;2-1-. The number of thiophene rings is 1. The van der Waals surface area contributed by atoms with Crippen molar-refractivity contribution in [2.24, 2.45) is 0 Å². The molecule has 1 atom stereocenters. The van der Waals surface area contributed by atoms with Crippen molar-refractivity contribution in [1.82, 2.24) is 10.5 Å². The minimum absolute atomic E-state index is 0.0278. The molecule has 172 valence electrons. The highest BCUT2D eigenvalue weighted by Crippen LogP contribution is 2.33. The third kappa shape index (κ3) is 8.50. The number of hydrogen-bond donors (Lipinski definition) is 4. The van der Waals surface area contributed by atoms with Gasteiger partial charge in [0, 0.05) is 29.8 Å². The molecule has 0 bridgehead atoms. The second kappa shape index (κ2) is 11.4. The minimum Gasteiger partial charge on any atom is -0.491 e. The van der Waals surface area contributed by atoms with Crippen molar-refractivity contribution in [3.05, 3.63) is 47.9 Å². The summed E-state index contributed by atoms with van der Waals surface area (Å²) in [5, 5.41) is 35.0. The Balaban J connectivity index is 0.000000390. The summed E-state index contributed by atoms with van der Waals surface area (Å²) in [5.74, 6) is -1.81. The number of nitrogens with one attached hydrogen (secondary N) is 1. The molecule has 0 saturated carbocycles. The lowest BCUT2D eigenvalue weighted by molar-refractivity contribution is -0.134. The Bertz CT molecular complexity index is 1050. The number of hydrogen-bond acceptors (Lipinski definition) is 8. The molecule has 0 saturated heterocycles. The van der Waals surface area contributed by atoms with Crippen LogP contribution in [0.2, 0.25) is 0 Å². The summed E-state index contributed by atoms with van der Waals surface area (Å²) in [6.45, 7) is 6.91. The van der Waals surface area contributed by atoms with Crippen molar-refractivity contribution in [3.8, 4) is 17.0 Å². The van der Waals surface area contributed by atoms with Crippen LogP contribution in [-0.2, 0) is 9.59 Å². The molecular weight excluding hydrogens is 436 g/mol. The third-order valence-corrected chi connectivity index (χ3v) is 4.77. The topological polar surface area (TPSA) is 142 Å². The SMILES string of the molecule is CC(C)(C)NCC(O)COc1cccc(-c2noc3ccsc23)c1.O=C(O)/C=C\C(=O)O. The van der Waals surface area contributed by atoms with E-state index in [4.69, 9.17) is 19.5 Å². The predicted octanol–water partition coefficient (Wildman–Crippen LogP) is 3.40. The number of β-amino-alcohol motifs (C(OH)–C–C–N with tert-alkyl or cyclic N) is 1. The molecule has 32 heavy (non-hydrogen) atoms. The molecular formula is C22H26N2O7S. The van der Waals surface area contributed by atoms with Gasteiger partial charge >= 0.3 is 11.9 Å². The average Bonchev–Trinajstić information content (AvgIpc) is 3.33. The lowest BCUT2D eigenvalue weighted by Crippen LogP contribution is -2.42. The van der Waals surface area contributed by atoms with E-state index in [-0.39, 0.29) is 12.1 Å². The van der Waals surface area contributed by atoms with E-state index in [0.29, 0.717) is 24.4 Å². The summed E-state index contributed by atoms with van der Waals surface area (Å²) in [6.07, 6.45) is 0.550. The molecule has 3 aromatic rings. The van der Waals surface area contributed by atoms with Crippen molar-refractivity contribution in [1.29, 1.82) is 0 Å². The molecule has 9 nitrogen and oxygen atoms in total. The van der Waals surface area contributed by atoms with Crippen LogP contribution in [0.25, 0.3) is 21.5 Å².